The van der Waals surface area contributed by atoms with Gasteiger partial charge in [0.05, 0.1) is 0 Å². The topological polar surface area (TPSA) is 80.2 Å². The fraction of sp³-hybridized carbons (Fsp3) is 0.476. The number of pyridine rings is 1. The van der Waals surface area contributed by atoms with Crippen LogP contribution in [0.2, 0.25) is 0 Å². The minimum Gasteiger partial charge on any atom is -0.349 e. The first-order valence-electron chi connectivity index (χ1n) is 9.85. The van der Waals surface area contributed by atoms with E-state index in [1.54, 1.807) is 23.7 Å². The van der Waals surface area contributed by atoms with Crippen molar-refractivity contribution in [2.24, 2.45) is 0 Å². The number of rotatable bonds is 7. The molecule has 2 heterocycles. The van der Waals surface area contributed by atoms with Crippen molar-refractivity contribution in [2.45, 2.75) is 64.6 Å². The van der Waals surface area contributed by atoms with Crippen molar-refractivity contribution < 1.29 is 9.59 Å². The van der Waals surface area contributed by atoms with Crippen LogP contribution in [0.15, 0.2) is 34.0 Å². The van der Waals surface area contributed by atoms with Crippen molar-refractivity contribution >= 4 is 23.2 Å². The summed E-state index contributed by atoms with van der Waals surface area (Å²) in [4.78, 5) is 38.3. The van der Waals surface area contributed by atoms with E-state index in [1.807, 2.05) is 35.2 Å². The third-order valence-electron chi connectivity index (χ3n) is 5.30. The lowest BCUT2D eigenvalue weighted by Gasteiger charge is -2.18. The molecule has 28 heavy (non-hydrogen) atoms. The van der Waals surface area contributed by atoms with Crippen LogP contribution < -0.4 is 16.1 Å². The number of thiophene rings is 1. The van der Waals surface area contributed by atoms with Crippen molar-refractivity contribution in [3.05, 3.63) is 56.1 Å². The molecule has 1 aliphatic rings. The molecular weight excluding hydrogens is 374 g/mol. The smallest absolute Gasteiger partial charge is 0.257 e. The zero-order valence-corrected chi connectivity index (χ0v) is 17.2. The van der Waals surface area contributed by atoms with E-state index in [1.165, 1.54) is 0 Å². The summed E-state index contributed by atoms with van der Waals surface area (Å²) >= 11 is 1.55. The Morgan fingerprint density at radius 1 is 1.21 bits per heavy atom. The van der Waals surface area contributed by atoms with Crippen molar-refractivity contribution in [3.63, 3.8) is 0 Å². The Bertz CT molecular complexity index is 883. The SMILES string of the molecule is CC[C@H](C)NC(=O)c1cn(C2CCCC2)cc(C(=O)NCc2ccsc2)c1=O. The highest BCUT2D eigenvalue weighted by molar-refractivity contribution is 7.07. The first kappa shape index (κ1) is 20.3. The minimum atomic E-state index is -0.516. The Balaban J connectivity index is 1.91. The first-order valence-corrected chi connectivity index (χ1v) is 10.8. The molecule has 1 aliphatic carbocycles. The van der Waals surface area contributed by atoms with Crippen molar-refractivity contribution in [1.82, 2.24) is 15.2 Å². The van der Waals surface area contributed by atoms with Gasteiger partial charge in [-0.3, -0.25) is 14.4 Å². The highest BCUT2D eigenvalue weighted by Crippen LogP contribution is 2.29. The summed E-state index contributed by atoms with van der Waals surface area (Å²) in [5, 5.41) is 9.53. The largest absolute Gasteiger partial charge is 0.349 e. The standard InChI is InChI=1S/C21H27N3O3S/c1-3-14(2)23-21(27)18-12-24(16-6-4-5-7-16)11-17(19(18)25)20(26)22-10-15-8-9-28-13-15/h8-9,11-14,16H,3-7,10H2,1-2H3,(H,22,26)(H,23,27)/t14-/m0/s1. The van der Waals surface area contributed by atoms with Crippen LogP contribution in [0.5, 0.6) is 0 Å². The van der Waals surface area contributed by atoms with Gasteiger partial charge in [0.25, 0.3) is 11.8 Å². The van der Waals surface area contributed by atoms with Gasteiger partial charge in [-0.25, -0.2) is 0 Å². The van der Waals surface area contributed by atoms with Gasteiger partial charge in [-0.1, -0.05) is 19.8 Å². The van der Waals surface area contributed by atoms with Crippen molar-refractivity contribution in [2.75, 3.05) is 0 Å². The van der Waals surface area contributed by atoms with Crippen LogP contribution in [0.4, 0.5) is 0 Å². The van der Waals surface area contributed by atoms with Crippen LogP contribution in [-0.2, 0) is 6.54 Å². The summed E-state index contributed by atoms with van der Waals surface area (Å²) in [6.45, 7) is 4.22. The second kappa shape index (κ2) is 9.19. The molecule has 0 unspecified atom stereocenters. The van der Waals surface area contributed by atoms with Crippen LogP contribution in [0, 0.1) is 0 Å². The van der Waals surface area contributed by atoms with Crippen molar-refractivity contribution in [1.29, 1.82) is 0 Å². The molecule has 2 N–H and O–H groups in total. The Hall–Kier alpha value is -2.41. The van der Waals surface area contributed by atoms with E-state index in [2.05, 4.69) is 10.6 Å². The molecule has 2 aromatic heterocycles. The molecule has 1 atom stereocenters. The average molecular weight is 402 g/mol. The van der Waals surface area contributed by atoms with E-state index in [0.29, 0.717) is 6.54 Å². The molecule has 1 saturated carbocycles. The Kier molecular flexibility index (Phi) is 6.67. The molecule has 0 radical (unpaired) electrons. The average Bonchev–Trinajstić information content (AvgIpc) is 3.40. The summed E-state index contributed by atoms with van der Waals surface area (Å²) < 4.78 is 1.89. The predicted molar refractivity (Wildman–Crippen MR) is 111 cm³/mol. The maximum Gasteiger partial charge on any atom is 0.257 e. The second-order valence-corrected chi connectivity index (χ2v) is 8.18. The first-order chi connectivity index (χ1) is 13.5. The maximum absolute atomic E-state index is 12.9. The third kappa shape index (κ3) is 4.70. The predicted octanol–water partition coefficient (Wildman–Crippen LogP) is 3.48. The molecule has 6 nitrogen and oxygen atoms in total. The zero-order valence-electron chi connectivity index (χ0n) is 16.4. The van der Waals surface area contributed by atoms with Crippen LogP contribution in [0.25, 0.3) is 0 Å². The summed E-state index contributed by atoms with van der Waals surface area (Å²) in [7, 11) is 0. The molecular formula is C21H27N3O3S. The third-order valence-corrected chi connectivity index (χ3v) is 6.04. The number of carbonyl (C=O) groups excluding carboxylic acids is 2. The van der Waals surface area contributed by atoms with E-state index >= 15 is 0 Å². The van der Waals surface area contributed by atoms with Crippen molar-refractivity contribution in [3.8, 4) is 0 Å². The lowest BCUT2D eigenvalue weighted by Crippen LogP contribution is -2.38. The number of amides is 2. The van der Waals surface area contributed by atoms with Gasteiger partial charge in [0.1, 0.15) is 11.1 Å². The quantitative estimate of drug-likeness (QED) is 0.745. The lowest BCUT2D eigenvalue weighted by molar-refractivity contribution is 0.0937. The van der Waals surface area contributed by atoms with E-state index in [0.717, 1.165) is 37.7 Å². The van der Waals surface area contributed by atoms with Gasteiger partial charge in [-0.15, -0.1) is 0 Å². The maximum atomic E-state index is 12.9. The summed E-state index contributed by atoms with van der Waals surface area (Å²) in [5.74, 6) is -0.861. The van der Waals surface area contributed by atoms with Crippen LogP contribution in [-0.4, -0.2) is 22.4 Å². The molecule has 0 bridgehead atoms. The van der Waals surface area contributed by atoms with Crippen LogP contribution >= 0.6 is 11.3 Å². The number of hydrogen-bond acceptors (Lipinski definition) is 4. The zero-order chi connectivity index (χ0) is 20.1. The van der Waals surface area contributed by atoms with Gasteiger partial charge in [0, 0.05) is 31.0 Å². The fourth-order valence-electron chi connectivity index (χ4n) is 3.41. The molecule has 1 fully saturated rings. The molecule has 150 valence electrons. The van der Waals surface area contributed by atoms with E-state index in [-0.39, 0.29) is 23.2 Å². The number of hydrogen-bond donors (Lipinski definition) is 2. The van der Waals surface area contributed by atoms with Gasteiger partial charge in [-0.05, 0) is 48.6 Å². The van der Waals surface area contributed by atoms with Gasteiger partial charge in [0.2, 0.25) is 5.43 Å². The Labute approximate surface area is 169 Å². The number of nitrogens with zero attached hydrogens (tertiary/aromatic N) is 1. The molecule has 0 spiro atoms. The van der Waals surface area contributed by atoms with Crippen LogP contribution in [0.3, 0.4) is 0 Å². The molecule has 3 rings (SSSR count). The summed E-state index contributed by atoms with van der Waals surface area (Å²) in [6.07, 6.45) is 8.21. The number of nitrogens with one attached hydrogen (secondary N) is 2. The highest BCUT2D eigenvalue weighted by Gasteiger charge is 2.23. The van der Waals surface area contributed by atoms with Gasteiger partial charge >= 0.3 is 0 Å². The van der Waals surface area contributed by atoms with Gasteiger partial charge in [0.15, 0.2) is 0 Å². The summed E-state index contributed by atoms with van der Waals surface area (Å²) in [6, 6.07) is 2.11. The lowest BCUT2D eigenvalue weighted by atomic mass is 10.1. The van der Waals surface area contributed by atoms with Gasteiger partial charge in [-0.2, -0.15) is 11.3 Å². The van der Waals surface area contributed by atoms with Gasteiger partial charge < -0.3 is 15.2 Å². The highest BCUT2D eigenvalue weighted by atomic mass is 32.1. The molecule has 0 aliphatic heterocycles. The van der Waals surface area contributed by atoms with E-state index < -0.39 is 17.2 Å². The molecule has 2 amide bonds. The fourth-order valence-corrected chi connectivity index (χ4v) is 4.08. The monoisotopic (exact) mass is 401 g/mol. The molecule has 7 heteroatoms. The number of aromatic nitrogens is 1. The summed E-state index contributed by atoms with van der Waals surface area (Å²) in [5.41, 5.74) is 0.535. The molecule has 2 aromatic rings. The Morgan fingerprint density at radius 2 is 1.89 bits per heavy atom. The Morgan fingerprint density at radius 3 is 2.50 bits per heavy atom. The second-order valence-electron chi connectivity index (χ2n) is 7.40. The molecule has 0 aromatic carbocycles. The van der Waals surface area contributed by atoms with E-state index in [4.69, 9.17) is 0 Å². The number of carbonyl (C=O) groups is 2. The van der Waals surface area contributed by atoms with Crippen LogP contribution in [0.1, 0.15) is 78.3 Å². The minimum absolute atomic E-state index is 0.0268. The normalized spacial score (nSPS) is 15.4. The molecule has 0 saturated heterocycles. The van der Waals surface area contributed by atoms with E-state index in [9.17, 15) is 14.4 Å².